The molecule has 15 N–H and O–H groups in total. The molecule has 0 radical (unpaired) electrons. The Morgan fingerprint density at radius 2 is 1.23 bits per heavy atom. The lowest BCUT2D eigenvalue weighted by Gasteiger charge is -2.25. The lowest BCUT2D eigenvalue weighted by atomic mass is 10.0. The SMILES string of the molecule is NCCCCC(NC(=O)C(N)CCC(=O)O)C(=O)NC(CCCN=C(N)N)C(=O)NC(CCC(N)=O)C(=O)O. The molecule has 0 aliphatic carbocycles. The average molecular weight is 560 g/mol. The van der Waals surface area contributed by atoms with Crippen LogP contribution in [0.5, 0.6) is 0 Å². The number of carbonyl (C=O) groups excluding carboxylic acids is 4. The number of hydrogen-bond acceptors (Lipinski definition) is 9. The molecule has 0 fully saturated rings. The van der Waals surface area contributed by atoms with Gasteiger partial charge in [-0.1, -0.05) is 0 Å². The van der Waals surface area contributed by atoms with E-state index in [-0.39, 0.29) is 57.5 Å². The van der Waals surface area contributed by atoms with Gasteiger partial charge in [-0.25, -0.2) is 4.79 Å². The normalized spacial score (nSPS) is 13.7. The molecule has 0 bridgehead atoms. The topological polar surface area (TPSA) is 321 Å². The van der Waals surface area contributed by atoms with Crippen molar-refractivity contribution in [1.29, 1.82) is 0 Å². The van der Waals surface area contributed by atoms with Crippen LogP contribution in [0.25, 0.3) is 0 Å². The van der Waals surface area contributed by atoms with Crippen LogP contribution in [0, 0.1) is 0 Å². The van der Waals surface area contributed by atoms with Gasteiger partial charge in [0.1, 0.15) is 18.1 Å². The maximum atomic E-state index is 13.1. The van der Waals surface area contributed by atoms with Gasteiger partial charge in [-0.2, -0.15) is 0 Å². The molecule has 0 saturated heterocycles. The number of aliphatic imine (C=N–C) groups is 1. The number of primary amides is 1. The van der Waals surface area contributed by atoms with Crippen molar-refractivity contribution in [2.24, 2.45) is 33.7 Å². The van der Waals surface area contributed by atoms with Crippen molar-refractivity contribution in [2.75, 3.05) is 13.1 Å². The first-order chi connectivity index (χ1) is 18.3. The summed E-state index contributed by atoms with van der Waals surface area (Å²) in [5.74, 6) is -5.84. The fraction of sp³-hybridized carbons (Fsp3) is 0.682. The van der Waals surface area contributed by atoms with Gasteiger partial charge in [0.25, 0.3) is 0 Å². The third-order valence-corrected chi connectivity index (χ3v) is 5.46. The molecule has 0 aromatic heterocycles. The molecule has 0 spiro atoms. The summed E-state index contributed by atoms with van der Waals surface area (Å²) in [6.07, 6.45) is 0.263. The maximum absolute atomic E-state index is 13.1. The number of unbranched alkanes of at least 4 members (excludes halogenated alkanes) is 1. The molecule has 4 amide bonds. The molecule has 0 saturated carbocycles. The number of carboxylic acid groups (broad SMARTS) is 2. The average Bonchev–Trinajstić information content (AvgIpc) is 2.85. The molecule has 17 heteroatoms. The first-order valence-corrected chi connectivity index (χ1v) is 12.4. The lowest BCUT2D eigenvalue weighted by Crippen LogP contribution is -2.57. The summed E-state index contributed by atoms with van der Waals surface area (Å²) in [6, 6.07) is -5.03. The molecule has 0 aromatic rings. The van der Waals surface area contributed by atoms with E-state index in [4.69, 9.17) is 33.8 Å². The molecule has 4 atom stereocenters. The Bertz CT molecular complexity index is 880. The molecule has 4 unspecified atom stereocenters. The maximum Gasteiger partial charge on any atom is 0.326 e. The van der Waals surface area contributed by atoms with Gasteiger partial charge in [0.2, 0.25) is 23.6 Å². The molecule has 0 rings (SSSR count). The van der Waals surface area contributed by atoms with Crippen molar-refractivity contribution < 1.29 is 39.0 Å². The largest absolute Gasteiger partial charge is 0.481 e. The molecule has 0 heterocycles. The van der Waals surface area contributed by atoms with Gasteiger partial charge >= 0.3 is 11.9 Å². The van der Waals surface area contributed by atoms with E-state index < -0.39 is 59.7 Å². The van der Waals surface area contributed by atoms with E-state index in [0.717, 1.165) is 0 Å². The fourth-order valence-corrected chi connectivity index (χ4v) is 3.31. The Morgan fingerprint density at radius 3 is 1.72 bits per heavy atom. The van der Waals surface area contributed by atoms with E-state index in [1.54, 1.807) is 0 Å². The molecule has 39 heavy (non-hydrogen) atoms. The van der Waals surface area contributed by atoms with Gasteiger partial charge in [-0.3, -0.25) is 29.0 Å². The Hall–Kier alpha value is -3.99. The van der Waals surface area contributed by atoms with Crippen LogP contribution in [0.3, 0.4) is 0 Å². The minimum atomic E-state index is -1.45. The van der Waals surface area contributed by atoms with Crippen LogP contribution in [0.15, 0.2) is 4.99 Å². The highest BCUT2D eigenvalue weighted by atomic mass is 16.4. The van der Waals surface area contributed by atoms with Crippen LogP contribution in [0.1, 0.15) is 57.8 Å². The Morgan fingerprint density at radius 1 is 0.692 bits per heavy atom. The van der Waals surface area contributed by atoms with Crippen LogP contribution in [0.4, 0.5) is 0 Å². The van der Waals surface area contributed by atoms with Gasteiger partial charge in [0, 0.05) is 19.4 Å². The molecule has 0 aliphatic rings. The Labute approximate surface area is 225 Å². The van der Waals surface area contributed by atoms with Crippen LogP contribution >= 0.6 is 0 Å². The summed E-state index contributed by atoms with van der Waals surface area (Å²) in [6.45, 7) is 0.444. The first kappa shape index (κ1) is 35.0. The first-order valence-electron chi connectivity index (χ1n) is 12.4. The van der Waals surface area contributed by atoms with Crippen LogP contribution < -0.4 is 44.6 Å². The summed E-state index contributed by atoms with van der Waals surface area (Å²) in [4.78, 5) is 75.8. The van der Waals surface area contributed by atoms with Crippen molar-refractivity contribution in [2.45, 2.75) is 82.0 Å². The Kier molecular flexibility index (Phi) is 17.2. The van der Waals surface area contributed by atoms with Crippen LogP contribution in [-0.2, 0) is 28.8 Å². The minimum Gasteiger partial charge on any atom is -0.481 e. The van der Waals surface area contributed by atoms with E-state index in [2.05, 4.69) is 20.9 Å². The lowest BCUT2D eigenvalue weighted by molar-refractivity contribution is -0.143. The zero-order chi connectivity index (χ0) is 30.0. The van der Waals surface area contributed by atoms with Gasteiger partial charge in [0.05, 0.1) is 6.04 Å². The second kappa shape index (κ2) is 19.1. The summed E-state index contributed by atoms with van der Waals surface area (Å²) in [5, 5.41) is 25.5. The number of guanidine groups is 1. The van der Waals surface area contributed by atoms with Gasteiger partial charge in [-0.05, 0) is 51.5 Å². The van der Waals surface area contributed by atoms with Crippen molar-refractivity contribution in [1.82, 2.24) is 16.0 Å². The zero-order valence-electron chi connectivity index (χ0n) is 21.8. The van der Waals surface area contributed by atoms with Gasteiger partial charge < -0.3 is 54.8 Å². The monoisotopic (exact) mass is 559 g/mol. The second-order valence-corrected chi connectivity index (χ2v) is 8.80. The van der Waals surface area contributed by atoms with Crippen molar-refractivity contribution in [3.8, 4) is 0 Å². The summed E-state index contributed by atoms with van der Waals surface area (Å²) < 4.78 is 0. The Balaban J connectivity index is 5.67. The van der Waals surface area contributed by atoms with E-state index in [1.165, 1.54) is 0 Å². The second-order valence-electron chi connectivity index (χ2n) is 8.80. The van der Waals surface area contributed by atoms with Crippen molar-refractivity contribution in [3.63, 3.8) is 0 Å². The van der Waals surface area contributed by atoms with Crippen LogP contribution in [0.2, 0.25) is 0 Å². The molecular formula is C22H41N9O8. The smallest absolute Gasteiger partial charge is 0.326 e. The third-order valence-electron chi connectivity index (χ3n) is 5.46. The number of carbonyl (C=O) groups is 6. The highest BCUT2D eigenvalue weighted by Crippen LogP contribution is 2.07. The number of hydrogen-bond donors (Lipinski definition) is 10. The third kappa shape index (κ3) is 16.5. The number of nitrogens with two attached hydrogens (primary N) is 5. The van der Waals surface area contributed by atoms with Gasteiger partial charge in [0.15, 0.2) is 5.96 Å². The highest BCUT2D eigenvalue weighted by molar-refractivity contribution is 5.94. The minimum absolute atomic E-state index is 0.00188. The summed E-state index contributed by atoms with van der Waals surface area (Å²) >= 11 is 0. The fourth-order valence-electron chi connectivity index (χ4n) is 3.31. The molecule has 222 valence electrons. The van der Waals surface area contributed by atoms with Crippen molar-refractivity contribution >= 4 is 41.5 Å². The van der Waals surface area contributed by atoms with Crippen molar-refractivity contribution in [3.05, 3.63) is 0 Å². The van der Waals surface area contributed by atoms with E-state index >= 15 is 0 Å². The number of carboxylic acids is 2. The molecule has 0 aliphatic heterocycles. The standard InChI is InChI=1S/C22H41N9O8/c23-10-2-1-4-13(29-18(35)12(24)6-9-17(33)34)19(36)30-14(5-3-11-28-22(26)27)20(37)31-15(21(38)39)7-8-16(25)32/h12-15H,1-11,23-24H2,(H2,25,32)(H,29,35)(H,30,36)(H,31,37)(H,33,34)(H,38,39)(H4,26,27,28). The van der Waals surface area contributed by atoms with E-state index in [0.29, 0.717) is 19.4 Å². The molecular weight excluding hydrogens is 518 g/mol. The van der Waals surface area contributed by atoms with E-state index in [9.17, 15) is 33.9 Å². The number of aliphatic carboxylic acids is 2. The number of nitrogens with one attached hydrogen (secondary N) is 3. The summed E-state index contributed by atoms with van der Waals surface area (Å²) in [5.41, 5.74) is 26.9. The van der Waals surface area contributed by atoms with E-state index in [1.807, 2.05) is 0 Å². The zero-order valence-corrected chi connectivity index (χ0v) is 21.8. The van der Waals surface area contributed by atoms with Gasteiger partial charge in [-0.15, -0.1) is 0 Å². The predicted molar refractivity (Wildman–Crippen MR) is 140 cm³/mol. The molecule has 0 aromatic carbocycles. The molecule has 17 nitrogen and oxygen atoms in total. The quantitative estimate of drug-likeness (QED) is 0.0367. The highest BCUT2D eigenvalue weighted by Gasteiger charge is 2.30. The predicted octanol–water partition coefficient (Wildman–Crippen LogP) is -3.83. The number of rotatable bonds is 21. The number of amides is 4. The summed E-state index contributed by atoms with van der Waals surface area (Å²) in [7, 11) is 0. The number of nitrogens with zero attached hydrogens (tertiary/aromatic N) is 1. The van der Waals surface area contributed by atoms with Crippen LogP contribution in [-0.4, -0.2) is 89.0 Å².